The Morgan fingerprint density at radius 3 is 2.52 bits per heavy atom. The fraction of sp³-hybridized carbons (Fsp3) is 0.0435. The SMILES string of the molecule is CNc1c(C(=O)c2cccc(O)c2)cc(-c2cccnc2)n1-c1ccc(F)cc1. The van der Waals surface area contributed by atoms with Gasteiger partial charge < -0.3 is 10.4 Å². The number of phenols is 1. The first kappa shape index (κ1) is 18.4. The standard InChI is InChI=1S/C23H18FN3O2/c1-25-23-20(22(29)15-4-2-6-19(28)12-15)13-21(16-5-3-11-26-14-16)27(23)18-9-7-17(24)8-10-18/h2-14,25,28H,1H3. The highest BCUT2D eigenvalue weighted by Crippen LogP contribution is 2.34. The van der Waals surface area contributed by atoms with Crippen molar-refractivity contribution in [1.29, 1.82) is 0 Å². The Balaban J connectivity index is 1.95. The summed E-state index contributed by atoms with van der Waals surface area (Å²) >= 11 is 0. The lowest BCUT2D eigenvalue weighted by atomic mass is 10.0. The third-order valence-corrected chi connectivity index (χ3v) is 4.63. The van der Waals surface area contributed by atoms with Crippen LogP contribution in [0.1, 0.15) is 15.9 Å². The Morgan fingerprint density at radius 2 is 1.86 bits per heavy atom. The molecule has 0 saturated heterocycles. The molecule has 0 atom stereocenters. The Hall–Kier alpha value is -3.93. The number of benzene rings is 2. The minimum atomic E-state index is -0.342. The summed E-state index contributed by atoms with van der Waals surface area (Å²) in [7, 11) is 1.72. The highest BCUT2D eigenvalue weighted by Gasteiger charge is 2.23. The van der Waals surface area contributed by atoms with Gasteiger partial charge in [-0.05, 0) is 54.6 Å². The Morgan fingerprint density at radius 1 is 1.07 bits per heavy atom. The van der Waals surface area contributed by atoms with Gasteiger partial charge in [0.25, 0.3) is 0 Å². The molecule has 0 fully saturated rings. The van der Waals surface area contributed by atoms with Gasteiger partial charge in [-0.15, -0.1) is 0 Å². The number of hydrogen-bond donors (Lipinski definition) is 2. The minimum Gasteiger partial charge on any atom is -0.508 e. The maximum atomic E-state index is 13.5. The molecule has 0 aliphatic heterocycles. The molecule has 2 aromatic carbocycles. The fourth-order valence-electron chi connectivity index (χ4n) is 3.32. The molecule has 4 rings (SSSR count). The maximum Gasteiger partial charge on any atom is 0.196 e. The summed E-state index contributed by atoms with van der Waals surface area (Å²) in [5.74, 6) is -0.00161. The number of nitrogens with zero attached hydrogens (tertiary/aromatic N) is 2. The number of carbonyl (C=O) groups is 1. The van der Waals surface area contributed by atoms with Gasteiger partial charge >= 0.3 is 0 Å². The second kappa shape index (κ2) is 7.59. The molecule has 0 radical (unpaired) electrons. The third kappa shape index (κ3) is 3.48. The monoisotopic (exact) mass is 387 g/mol. The number of rotatable bonds is 5. The van der Waals surface area contributed by atoms with Crippen LogP contribution in [0, 0.1) is 5.82 Å². The summed E-state index contributed by atoms with van der Waals surface area (Å²) < 4.78 is 15.3. The number of anilines is 1. The lowest BCUT2D eigenvalue weighted by Gasteiger charge is -2.14. The van der Waals surface area contributed by atoms with Gasteiger partial charge in [-0.3, -0.25) is 14.3 Å². The quantitative estimate of drug-likeness (QED) is 0.489. The van der Waals surface area contributed by atoms with E-state index in [-0.39, 0.29) is 17.3 Å². The normalized spacial score (nSPS) is 10.7. The number of phenolic OH excluding ortho intramolecular Hbond substituents is 1. The van der Waals surface area contributed by atoms with Gasteiger partial charge in [0, 0.05) is 36.3 Å². The zero-order valence-electron chi connectivity index (χ0n) is 15.6. The number of nitrogens with one attached hydrogen (secondary N) is 1. The van der Waals surface area contributed by atoms with Crippen LogP contribution < -0.4 is 5.32 Å². The van der Waals surface area contributed by atoms with Crippen LogP contribution in [0.2, 0.25) is 0 Å². The van der Waals surface area contributed by atoms with Crippen molar-refractivity contribution in [3.63, 3.8) is 0 Å². The van der Waals surface area contributed by atoms with Crippen molar-refractivity contribution < 1.29 is 14.3 Å². The molecule has 2 N–H and O–H groups in total. The van der Waals surface area contributed by atoms with Crippen molar-refractivity contribution in [1.82, 2.24) is 9.55 Å². The summed E-state index contributed by atoms with van der Waals surface area (Å²) in [5, 5.41) is 12.9. The first-order valence-corrected chi connectivity index (χ1v) is 9.02. The van der Waals surface area contributed by atoms with Crippen LogP contribution in [0.15, 0.2) is 79.1 Å². The Kier molecular flexibility index (Phi) is 4.83. The molecule has 0 bridgehead atoms. The van der Waals surface area contributed by atoms with Gasteiger partial charge in [-0.25, -0.2) is 4.39 Å². The van der Waals surface area contributed by atoms with E-state index in [1.54, 1.807) is 49.8 Å². The summed E-state index contributed by atoms with van der Waals surface area (Å²) in [5.41, 5.74) is 3.04. The van der Waals surface area contributed by atoms with Gasteiger partial charge in [-0.1, -0.05) is 12.1 Å². The van der Waals surface area contributed by atoms with E-state index in [1.807, 2.05) is 16.7 Å². The summed E-state index contributed by atoms with van der Waals surface area (Å²) in [6, 6.07) is 17.8. The summed E-state index contributed by atoms with van der Waals surface area (Å²) in [6.45, 7) is 0. The zero-order valence-corrected chi connectivity index (χ0v) is 15.6. The average Bonchev–Trinajstić information content (AvgIpc) is 3.14. The third-order valence-electron chi connectivity index (χ3n) is 4.63. The highest BCUT2D eigenvalue weighted by molar-refractivity contribution is 6.13. The van der Waals surface area contributed by atoms with Crippen molar-refractivity contribution in [2.75, 3.05) is 12.4 Å². The lowest BCUT2D eigenvalue weighted by Crippen LogP contribution is -2.07. The average molecular weight is 387 g/mol. The first-order valence-electron chi connectivity index (χ1n) is 9.02. The number of halogens is 1. The van der Waals surface area contributed by atoms with E-state index in [2.05, 4.69) is 10.3 Å². The van der Waals surface area contributed by atoms with Crippen LogP contribution in [-0.2, 0) is 0 Å². The van der Waals surface area contributed by atoms with Crippen LogP contribution in [-0.4, -0.2) is 27.5 Å². The molecule has 5 nitrogen and oxygen atoms in total. The van der Waals surface area contributed by atoms with Gasteiger partial charge in [0.2, 0.25) is 0 Å². The van der Waals surface area contributed by atoms with Crippen LogP contribution in [0.3, 0.4) is 0 Å². The van der Waals surface area contributed by atoms with E-state index >= 15 is 0 Å². The molecule has 0 spiro atoms. The molecule has 6 heteroatoms. The second-order valence-corrected chi connectivity index (χ2v) is 6.47. The van der Waals surface area contributed by atoms with Crippen molar-refractivity contribution in [2.45, 2.75) is 0 Å². The largest absolute Gasteiger partial charge is 0.508 e. The zero-order chi connectivity index (χ0) is 20.4. The predicted octanol–water partition coefficient (Wildman–Crippen LogP) is 4.66. The fourth-order valence-corrected chi connectivity index (χ4v) is 3.32. The predicted molar refractivity (Wildman–Crippen MR) is 110 cm³/mol. The Bertz CT molecular complexity index is 1170. The number of carbonyl (C=O) groups excluding carboxylic acids is 1. The smallest absolute Gasteiger partial charge is 0.196 e. The van der Waals surface area contributed by atoms with Gasteiger partial charge in [-0.2, -0.15) is 0 Å². The molecule has 4 aromatic rings. The van der Waals surface area contributed by atoms with Gasteiger partial charge in [0.05, 0.1) is 11.3 Å². The summed E-state index contributed by atoms with van der Waals surface area (Å²) in [4.78, 5) is 17.4. The summed E-state index contributed by atoms with van der Waals surface area (Å²) in [6.07, 6.45) is 3.38. The molecular formula is C23H18FN3O2. The lowest BCUT2D eigenvalue weighted by molar-refractivity contribution is 0.103. The maximum absolute atomic E-state index is 13.5. The molecule has 0 aliphatic carbocycles. The van der Waals surface area contributed by atoms with E-state index in [0.29, 0.717) is 22.6 Å². The van der Waals surface area contributed by atoms with Crippen molar-refractivity contribution >= 4 is 11.6 Å². The molecular weight excluding hydrogens is 369 g/mol. The highest BCUT2D eigenvalue weighted by atomic mass is 19.1. The molecule has 0 amide bonds. The van der Waals surface area contributed by atoms with Gasteiger partial charge in [0.1, 0.15) is 17.4 Å². The van der Waals surface area contributed by atoms with Crippen LogP contribution in [0.5, 0.6) is 5.75 Å². The van der Waals surface area contributed by atoms with Crippen LogP contribution in [0.4, 0.5) is 10.2 Å². The van der Waals surface area contributed by atoms with Gasteiger partial charge in [0.15, 0.2) is 5.78 Å². The molecule has 0 saturated carbocycles. The Labute approximate surface area is 167 Å². The number of hydrogen-bond acceptors (Lipinski definition) is 4. The van der Waals surface area contributed by atoms with Crippen molar-refractivity contribution in [3.05, 3.63) is 96.1 Å². The van der Waals surface area contributed by atoms with Crippen molar-refractivity contribution in [3.8, 4) is 22.7 Å². The molecule has 0 aliphatic rings. The molecule has 2 aromatic heterocycles. The minimum absolute atomic E-state index is 0.0207. The first-order chi connectivity index (χ1) is 14.1. The number of aromatic hydroxyl groups is 1. The number of aromatic nitrogens is 2. The van der Waals surface area contributed by atoms with E-state index in [4.69, 9.17) is 0 Å². The molecule has 144 valence electrons. The van der Waals surface area contributed by atoms with E-state index < -0.39 is 0 Å². The van der Waals surface area contributed by atoms with E-state index in [1.165, 1.54) is 24.3 Å². The van der Waals surface area contributed by atoms with Crippen LogP contribution >= 0.6 is 0 Å². The number of pyridine rings is 1. The second-order valence-electron chi connectivity index (χ2n) is 6.47. The topological polar surface area (TPSA) is 67.2 Å². The van der Waals surface area contributed by atoms with Crippen molar-refractivity contribution in [2.24, 2.45) is 0 Å². The number of ketones is 1. The van der Waals surface area contributed by atoms with E-state index in [0.717, 1.165) is 11.3 Å². The molecule has 2 heterocycles. The van der Waals surface area contributed by atoms with E-state index in [9.17, 15) is 14.3 Å². The molecule has 0 unspecified atom stereocenters. The van der Waals surface area contributed by atoms with Crippen LogP contribution in [0.25, 0.3) is 16.9 Å². The molecule has 29 heavy (non-hydrogen) atoms.